The highest BCUT2D eigenvalue weighted by molar-refractivity contribution is 7.92. The van der Waals surface area contributed by atoms with Crippen LogP contribution in [0.2, 0.25) is 0 Å². The first kappa shape index (κ1) is 18.4. The molecule has 3 atom stereocenters. The van der Waals surface area contributed by atoms with Crippen molar-refractivity contribution in [1.82, 2.24) is 5.32 Å². The fourth-order valence-electron chi connectivity index (χ4n) is 3.25. The molecular formula is C15H29NO4S. The summed E-state index contributed by atoms with van der Waals surface area (Å²) in [6, 6.07) is 0.0192. The molecule has 0 radical (unpaired) electrons. The van der Waals surface area contributed by atoms with E-state index in [0.29, 0.717) is 5.92 Å². The van der Waals surface area contributed by atoms with Crippen LogP contribution in [0.1, 0.15) is 52.4 Å². The summed E-state index contributed by atoms with van der Waals surface area (Å²) in [6.45, 7) is 4.90. The minimum atomic E-state index is -3.27. The zero-order valence-corrected chi connectivity index (χ0v) is 14.2. The van der Waals surface area contributed by atoms with E-state index in [-0.39, 0.29) is 23.5 Å². The molecule has 1 aliphatic rings. The Labute approximate surface area is 128 Å². The molecule has 124 valence electrons. The van der Waals surface area contributed by atoms with Crippen LogP contribution < -0.4 is 5.32 Å². The molecule has 0 heterocycles. The maximum Gasteiger partial charge on any atom is 0.306 e. The van der Waals surface area contributed by atoms with Crippen LogP contribution in [0, 0.1) is 5.92 Å². The Hall–Kier alpha value is -0.620. The second-order valence-electron chi connectivity index (χ2n) is 5.86. The maximum atomic E-state index is 12.6. The summed E-state index contributed by atoms with van der Waals surface area (Å²) >= 11 is 0. The number of ether oxygens (including phenoxy) is 1. The van der Waals surface area contributed by atoms with Gasteiger partial charge in [-0.3, -0.25) is 4.79 Å². The topological polar surface area (TPSA) is 72.5 Å². The molecule has 3 unspecified atom stereocenters. The number of nitrogens with one attached hydrogen (secondary N) is 1. The van der Waals surface area contributed by atoms with Crippen LogP contribution in [0.15, 0.2) is 0 Å². The summed E-state index contributed by atoms with van der Waals surface area (Å²) in [7, 11) is -1.99. The van der Waals surface area contributed by atoms with E-state index in [1.165, 1.54) is 7.11 Å². The fraction of sp³-hybridized carbons (Fsp3) is 0.933. The molecule has 0 aromatic heterocycles. The van der Waals surface area contributed by atoms with Gasteiger partial charge in [-0.05, 0) is 31.7 Å². The molecule has 0 aliphatic heterocycles. The van der Waals surface area contributed by atoms with Gasteiger partial charge in [0.1, 0.15) is 0 Å². The average Bonchev–Trinajstić information content (AvgIpc) is 2.47. The summed E-state index contributed by atoms with van der Waals surface area (Å²) in [5.74, 6) is -0.0762. The summed E-state index contributed by atoms with van der Waals surface area (Å²) in [6.07, 6.45) is 4.84. The van der Waals surface area contributed by atoms with E-state index in [1.54, 1.807) is 0 Å². The van der Waals surface area contributed by atoms with Crippen molar-refractivity contribution < 1.29 is 17.9 Å². The molecule has 1 rings (SSSR count). The maximum absolute atomic E-state index is 12.6. The van der Waals surface area contributed by atoms with E-state index in [9.17, 15) is 13.2 Å². The van der Waals surface area contributed by atoms with Gasteiger partial charge in [0.2, 0.25) is 0 Å². The SMILES string of the molecule is CCCC1CCC(NCC)C(S(=O)(=O)CCC(=O)OC)C1. The minimum Gasteiger partial charge on any atom is -0.469 e. The second kappa shape index (κ2) is 8.73. The van der Waals surface area contributed by atoms with Gasteiger partial charge in [0.05, 0.1) is 24.5 Å². The normalized spacial score (nSPS) is 26.5. The van der Waals surface area contributed by atoms with Crippen molar-refractivity contribution in [2.75, 3.05) is 19.4 Å². The molecule has 6 heteroatoms. The van der Waals surface area contributed by atoms with Crippen molar-refractivity contribution in [2.45, 2.75) is 63.7 Å². The zero-order chi connectivity index (χ0) is 15.9. The molecule has 0 amide bonds. The third kappa shape index (κ3) is 5.58. The summed E-state index contributed by atoms with van der Waals surface area (Å²) in [5.41, 5.74) is 0. The van der Waals surface area contributed by atoms with Gasteiger partial charge >= 0.3 is 5.97 Å². The molecule has 1 N–H and O–H groups in total. The highest BCUT2D eigenvalue weighted by Gasteiger charge is 2.38. The fourth-order valence-corrected chi connectivity index (χ4v) is 5.31. The first-order valence-electron chi connectivity index (χ1n) is 7.96. The Morgan fingerprint density at radius 3 is 2.57 bits per heavy atom. The average molecular weight is 319 g/mol. The third-order valence-corrected chi connectivity index (χ3v) is 6.56. The van der Waals surface area contributed by atoms with E-state index in [0.717, 1.165) is 38.6 Å². The van der Waals surface area contributed by atoms with Crippen LogP contribution in [0.25, 0.3) is 0 Å². The van der Waals surface area contributed by atoms with Crippen molar-refractivity contribution in [3.63, 3.8) is 0 Å². The number of carbonyl (C=O) groups is 1. The van der Waals surface area contributed by atoms with Crippen molar-refractivity contribution in [3.8, 4) is 0 Å². The van der Waals surface area contributed by atoms with E-state index in [2.05, 4.69) is 17.0 Å². The number of hydrogen-bond acceptors (Lipinski definition) is 5. The Balaban J connectivity index is 2.77. The largest absolute Gasteiger partial charge is 0.469 e. The summed E-state index contributed by atoms with van der Waals surface area (Å²) < 4.78 is 29.7. The Kier molecular flexibility index (Phi) is 7.66. The second-order valence-corrected chi connectivity index (χ2v) is 8.20. The van der Waals surface area contributed by atoms with Gasteiger partial charge in [0.25, 0.3) is 0 Å². The third-order valence-electron chi connectivity index (χ3n) is 4.34. The zero-order valence-electron chi connectivity index (χ0n) is 13.4. The highest BCUT2D eigenvalue weighted by Crippen LogP contribution is 2.32. The van der Waals surface area contributed by atoms with Crippen LogP contribution >= 0.6 is 0 Å². The lowest BCUT2D eigenvalue weighted by Gasteiger charge is -2.36. The number of rotatable bonds is 8. The van der Waals surface area contributed by atoms with E-state index >= 15 is 0 Å². The van der Waals surface area contributed by atoms with Gasteiger partial charge < -0.3 is 10.1 Å². The van der Waals surface area contributed by atoms with Gasteiger partial charge in [0.15, 0.2) is 9.84 Å². The Bertz CT molecular complexity index is 421. The lowest BCUT2D eigenvalue weighted by molar-refractivity contribution is -0.140. The predicted molar refractivity (Wildman–Crippen MR) is 83.9 cm³/mol. The van der Waals surface area contributed by atoms with E-state index in [4.69, 9.17) is 0 Å². The van der Waals surface area contributed by atoms with Gasteiger partial charge in [-0.25, -0.2) is 8.42 Å². The monoisotopic (exact) mass is 319 g/mol. The summed E-state index contributed by atoms with van der Waals surface area (Å²) in [4.78, 5) is 11.2. The van der Waals surface area contributed by atoms with E-state index < -0.39 is 15.8 Å². The van der Waals surface area contributed by atoms with Gasteiger partial charge in [0, 0.05) is 6.04 Å². The lowest BCUT2D eigenvalue weighted by atomic mass is 9.83. The molecule has 0 aromatic carbocycles. The van der Waals surface area contributed by atoms with Crippen molar-refractivity contribution >= 4 is 15.8 Å². The van der Waals surface area contributed by atoms with Crippen LogP contribution in [-0.4, -0.2) is 45.1 Å². The summed E-state index contributed by atoms with van der Waals surface area (Å²) in [5, 5.41) is 2.94. The molecule has 0 spiro atoms. The molecule has 21 heavy (non-hydrogen) atoms. The van der Waals surface area contributed by atoms with Crippen molar-refractivity contribution in [2.24, 2.45) is 5.92 Å². The van der Waals surface area contributed by atoms with E-state index in [1.807, 2.05) is 6.92 Å². The lowest BCUT2D eigenvalue weighted by Crippen LogP contribution is -2.49. The quantitative estimate of drug-likeness (QED) is 0.692. The number of esters is 1. The van der Waals surface area contributed by atoms with Crippen LogP contribution in [0.5, 0.6) is 0 Å². The number of hydrogen-bond donors (Lipinski definition) is 1. The van der Waals surface area contributed by atoms with Crippen LogP contribution in [-0.2, 0) is 19.4 Å². The molecule has 1 aliphatic carbocycles. The van der Waals surface area contributed by atoms with Gasteiger partial charge in [-0.1, -0.05) is 26.7 Å². The standard InChI is InChI=1S/C15H29NO4S/c1-4-6-12-7-8-13(16-5-2)14(11-12)21(18,19)10-9-15(17)20-3/h12-14,16H,4-11H2,1-3H3. The van der Waals surface area contributed by atoms with Crippen molar-refractivity contribution in [3.05, 3.63) is 0 Å². The first-order chi connectivity index (χ1) is 9.94. The Morgan fingerprint density at radius 1 is 1.29 bits per heavy atom. The van der Waals surface area contributed by atoms with Crippen molar-refractivity contribution in [1.29, 1.82) is 0 Å². The van der Waals surface area contributed by atoms with Crippen LogP contribution in [0.4, 0.5) is 0 Å². The molecular weight excluding hydrogens is 290 g/mol. The number of carbonyl (C=O) groups excluding carboxylic acids is 1. The molecule has 1 fully saturated rings. The smallest absolute Gasteiger partial charge is 0.306 e. The molecule has 0 saturated heterocycles. The molecule has 1 saturated carbocycles. The molecule has 0 aromatic rings. The number of sulfone groups is 1. The predicted octanol–water partition coefficient (Wildman–Crippen LogP) is 1.91. The minimum absolute atomic E-state index is 0.0192. The number of methoxy groups -OCH3 is 1. The Morgan fingerprint density at radius 2 is 2.00 bits per heavy atom. The first-order valence-corrected chi connectivity index (χ1v) is 9.67. The molecule has 5 nitrogen and oxygen atoms in total. The molecule has 0 bridgehead atoms. The van der Waals surface area contributed by atoms with Gasteiger partial charge in [-0.2, -0.15) is 0 Å². The van der Waals surface area contributed by atoms with Crippen LogP contribution in [0.3, 0.4) is 0 Å². The highest BCUT2D eigenvalue weighted by atomic mass is 32.2. The van der Waals surface area contributed by atoms with Gasteiger partial charge in [-0.15, -0.1) is 0 Å².